The van der Waals surface area contributed by atoms with Gasteiger partial charge in [-0.15, -0.1) is 10.2 Å². The van der Waals surface area contributed by atoms with Crippen molar-refractivity contribution in [3.05, 3.63) is 29.9 Å². The topological polar surface area (TPSA) is 98.4 Å². The van der Waals surface area contributed by atoms with Crippen LogP contribution in [0.4, 0.5) is 4.79 Å². The maximum absolute atomic E-state index is 12.5. The molecule has 4 heterocycles. The third kappa shape index (κ3) is 3.58. The first-order valence-corrected chi connectivity index (χ1v) is 9.58. The Morgan fingerprint density at radius 2 is 2.04 bits per heavy atom. The molecule has 2 aliphatic rings. The second kappa shape index (κ2) is 7.61. The number of rotatable bonds is 5. The van der Waals surface area contributed by atoms with Crippen LogP contribution in [-0.4, -0.2) is 78.9 Å². The summed E-state index contributed by atoms with van der Waals surface area (Å²) >= 11 is 0. The van der Waals surface area contributed by atoms with E-state index in [2.05, 4.69) is 19.7 Å². The number of aryl methyl sites for hydroxylation is 1. The highest BCUT2D eigenvalue weighted by Crippen LogP contribution is 2.27. The first-order valence-electron chi connectivity index (χ1n) is 9.58. The minimum Gasteiger partial charge on any atom is -0.448 e. The van der Waals surface area contributed by atoms with Crippen molar-refractivity contribution in [2.24, 2.45) is 7.05 Å². The maximum Gasteiger partial charge on any atom is 0.410 e. The van der Waals surface area contributed by atoms with Gasteiger partial charge in [0.15, 0.2) is 5.82 Å². The maximum atomic E-state index is 12.5. The molecule has 0 saturated carbocycles. The number of amides is 2. The average molecular weight is 387 g/mol. The Bertz CT molecular complexity index is 866. The van der Waals surface area contributed by atoms with Crippen molar-refractivity contribution < 1.29 is 14.3 Å². The summed E-state index contributed by atoms with van der Waals surface area (Å²) in [5, 5.41) is 8.78. The molecule has 0 atom stereocenters. The van der Waals surface area contributed by atoms with Gasteiger partial charge in [-0.2, -0.15) is 0 Å². The van der Waals surface area contributed by atoms with Gasteiger partial charge in [0, 0.05) is 38.4 Å². The zero-order chi connectivity index (χ0) is 19.7. The molecule has 4 rings (SSSR count). The molecule has 0 aromatic carbocycles. The van der Waals surface area contributed by atoms with E-state index in [0.717, 1.165) is 30.3 Å². The standard InChI is InChI=1S/C18H25N7O3/c1-13-19-5-8-24(13)11-15-20-21-17(22(15)2)14-3-6-23(7-4-14)16(26)12-25-9-10-28-18(25)27/h5,8,14H,3-4,6-7,9-12H2,1-2H3. The molecule has 2 amide bonds. The van der Waals surface area contributed by atoms with Crippen LogP contribution < -0.4 is 0 Å². The van der Waals surface area contributed by atoms with Crippen molar-refractivity contribution in [2.45, 2.75) is 32.2 Å². The Hall–Kier alpha value is -2.91. The molecule has 0 N–H and O–H groups in total. The Kier molecular flexibility index (Phi) is 5.01. The molecule has 150 valence electrons. The predicted molar refractivity (Wildman–Crippen MR) is 98.5 cm³/mol. The third-order valence-corrected chi connectivity index (χ3v) is 5.62. The monoisotopic (exact) mass is 387 g/mol. The van der Waals surface area contributed by atoms with E-state index < -0.39 is 6.09 Å². The zero-order valence-corrected chi connectivity index (χ0v) is 16.2. The molecule has 0 unspecified atom stereocenters. The molecular weight excluding hydrogens is 362 g/mol. The molecule has 2 saturated heterocycles. The van der Waals surface area contributed by atoms with Crippen molar-refractivity contribution in [3.8, 4) is 0 Å². The van der Waals surface area contributed by atoms with E-state index in [1.807, 2.05) is 29.6 Å². The number of imidazole rings is 1. The quantitative estimate of drug-likeness (QED) is 0.742. The Morgan fingerprint density at radius 3 is 2.68 bits per heavy atom. The van der Waals surface area contributed by atoms with Gasteiger partial charge >= 0.3 is 6.09 Å². The van der Waals surface area contributed by atoms with Crippen molar-refractivity contribution in [2.75, 3.05) is 32.8 Å². The number of carbonyl (C=O) groups excluding carboxylic acids is 2. The van der Waals surface area contributed by atoms with Crippen LogP contribution in [0.3, 0.4) is 0 Å². The summed E-state index contributed by atoms with van der Waals surface area (Å²) in [6, 6.07) is 0. The second-order valence-electron chi connectivity index (χ2n) is 7.33. The number of ether oxygens (including phenoxy) is 1. The summed E-state index contributed by atoms with van der Waals surface area (Å²) in [6.07, 6.45) is 4.99. The van der Waals surface area contributed by atoms with Crippen LogP contribution in [0.5, 0.6) is 0 Å². The molecule has 10 heteroatoms. The van der Waals surface area contributed by atoms with Crippen LogP contribution in [0.15, 0.2) is 12.4 Å². The van der Waals surface area contributed by atoms with E-state index in [9.17, 15) is 9.59 Å². The fraction of sp³-hybridized carbons (Fsp3) is 0.611. The second-order valence-corrected chi connectivity index (χ2v) is 7.33. The van der Waals surface area contributed by atoms with E-state index in [1.165, 1.54) is 4.90 Å². The number of cyclic esters (lactones) is 1. The van der Waals surface area contributed by atoms with Gasteiger partial charge in [-0.05, 0) is 19.8 Å². The summed E-state index contributed by atoms with van der Waals surface area (Å²) in [5.41, 5.74) is 0. The number of hydrogen-bond donors (Lipinski definition) is 0. The molecule has 0 radical (unpaired) electrons. The summed E-state index contributed by atoms with van der Waals surface area (Å²) in [6.45, 7) is 4.87. The lowest BCUT2D eigenvalue weighted by molar-refractivity contribution is -0.132. The van der Waals surface area contributed by atoms with Gasteiger partial charge in [0.2, 0.25) is 5.91 Å². The number of piperidine rings is 1. The van der Waals surface area contributed by atoms with Gasteiger partial charge in [-0.25, -0.2) is 9.78 Å². The molecular formula is C18H25N7O3. The molecule has 2 aromatic rings. The Labute approximate surface area is 163 Å². The van der Waals surface area contributed by atoms with Gasteiger partial charge in [0.1, 0.15) is 24.8 Å². The van der Waals surface area contributed by atoms with Gasteiger partial charge < -0.3 is 18.8 Å². The molecule has 2 fully saturated rings. The number of likely N-dealkylation sites (tertiary alicyclic amines) is 1. The lowest BCUT2D eigenvalue weighted by Crippen LogP contribution is -2.44. The van der Waals surface area contributed by atoms with E-state index >= 15 is 0 Å². The van der Waals surface area contributed by atoms with Crippen LogP contribution >= 0.6 is 0 Å². The number of nitrogens with zero attached hydrogens (tertiary/aromatic N) is 7. The molecule has 0 spiro atoms. The summed E-state index contributed by atoms with van der Waals surface area (Å²) in [4.78, 5) is 31.5. The van der Waals surface area contributed by atoms with Gasteiger partial charge in [0.25, 0.3) is 0 Å². The largest absolute Gasteiger partial charge is 0.448 e. The van der Waals surface area contributed by atoms with Crippen molar-refractivity contribution >= 4 is 12.0 Å². The minimum absolute atomic E-state index is 0.0217. The average Bonchev–Trinajstić information content (AvgIpc) is 3.39. The highest BCUT2D eigenvalue weighted by atomic mass is 16.6. The van der Waals surface area contributed by atoms with Crippen LogP contribution in [0, 0.1) is 6.92 Å². The molecule has 2 aromatic heterocycles. The number of carbonyl (C=O) groups is 2. The van der Waals surface area contributed by atoms with Crippen LogP contribution in [0.2, 0.25) is 0 Å². The smallest absolute Gasteiger partial charge is 0.410 e. The summed E-state index contributed by atoms with van der Waals surface area (Å²) < 4.78 is 8.98. The SMILES string of the molecule is Cc1nccn1Cc1nnc(C2CCN(C(=O)CN3CCOC3=O)CC2)n1C. The Balaban J connectivity index is 1.34. The van der Waals surface area contributed by atoms with Crippen molar-refractivity contribution in [1.29, 1.82) is 0 Å². The summed E-state index contributed by atoms with van der Waals surface area (Å²) in [7, 11) is 1.99. The number of aromatic nitrogens is 5. The minimum atomic E-state index is -0.400. The van der Waals surface area contributed by atoms with Crippen LogP contribution in [-0.2, 0) is 23.1 Å². The van der Waals surface area contributed by atoms with E-state index in [0.29, 0.717) is 32.8 Å². The molecule has 2 aliphatic heterocycles. The fourth-order valence-corrected chi connectivity index (χ4v) is 3.81. The summed E-state index contributed by atoms with van der Waals surface area (Å²) in [5.74, 6) is 3.05. The number of hydrogen-bond acceptors (Lipinski definition) is 6. The normalized spacial score (nSPS) is 18.0. The highest BCUT2D eigenvalue weighted by molar-refractivity contribution is 5.83. The molecule has 0 aliphatic carbocycles. The molecule has 28 heavy (non-hydrogen) atoms. The first kappa shape index (κ1) is 18.5. The van der Waals surface area contributed by atoms with E-state index in [1.54, 1.807) is 6.20 Å². The van der Waals surface area contributed by atoms with Crippen molar-refractivity contribution in [1.82, 2.24) is 34.1 Å². The van der Waals surface area contributed by atoms with Gasteiger partial charge in [-0.3, -0.25) is 9.69 Å². The van der Waals surface area contributed by atoms with E-state index in [-0.39, 0.29) is 18.4 Å². The molecule has 0 bridgehead atoms. The first-order chi connectivity index (χ1) is 13.5. The van der Waals surface area contributed by atoms with Crippen LogP contribution in [0.25, 0.3) is 0 Å². The molecule has 10 nitrogen and oxygen atoms in total. The third-order valence-electron chi connectivity index (χ3n) is 5.62. The lowest BCUT2D eigenvalue weighted by atomic mass is 9.96. The fourth-order valence-electron chi connectivity index (χ4n) is 3.81. The Morgan fingerprint density at radius 1 is 1.25 bits per heavy atom. The highest BCUT2D eigenvalue weighted by Gasteiger charge is 2.30. The lowest BCUT2D eigenvalue weighted by Gasteiger charge is -2.32. The van der Waals surface area contributed by atoms with Crippen molar-refractivity contribution in [3.63, 3.8) is 0 Å². The zero-order valence-electron chi connectivity index (χ0n) is 16.2. The van der Waals surface area contributed by atoms with Gasteiger partial charge in [0.05, 0.1) is 13.1 Å². The predicted octanol–water partition coefficient (Wildman–Crippen LogP) is 0.527. The van der Waals surface area contributed by atoms with E-state index in [4.69, 9.17) is 4.74 Å². The van der Waals surface area contributed by atoms with Crippen LogP contribution in [0.1, 0.15) is 36.2 Å². The van der Waals surface area contributed by atoms with Gasteiger partial charge in [-0.1, -0.05) is 0 Å².